The number of guanidine groups is 1. The summed E-state index contributed by atoms with van der Waals surface area (Å²) in [5.41, 5.74) is 2.47. The summed E-state index contributed by atoms with van der Waals surface area (Å²) in [7, 11) is 3.54. The van der Waals surface area contributed by atoms with E-state index in [4.69, 9.17) is 4.74 Å². The summed E-state index contributed by atoms with van der Waals surface area (Å²) in [5, 5.41) is 3.34. The Morgan fingerprint density at radius 1 is 1.40 bits per heavy atom. The molecule has 6 nitrogen and oxygen atoms in total. The van der Waals surface area contributed by atoms with E-state index in [9.17, 15) is 4.79 Å². The number of hydrogen-bond acceptors (Lipinski definition) is 3. The van der Waals surface area contributed by atoms with Crippen LogP contribution in [-0.2, 0) is 9.53 Å². The van der Waals surface area contributed by atoms with Gasteiger partial charge in [0, 0.05) is 33.6 Å². The highest BCUT2D eigenvalue weighted by Gasteiger charge is 2.25. The highest BCUT2D eigenvalue weighted by molar-refractivity contribution is 5.81. The van der Waals surface area contributed by atoms with Gasteiger partial charge in [0.05, 0.1) is 19.7 Å². The number of rotatable bonds is 5. The van der Waals surface area contributed by atoms with Gasteiger partial charge >= 0.3 is 0 Å². The molecule has 0 aromatic heterocycles. The maximum atomic E-state index is 11.7. The number of ether oxygens (including phenoxy) is 1. The highest BCUT2D eigenvalue weighted by Crippen LogP contribution is 2.24. The van der Waals surface area contributed by atoms with E-state index in [2.05, 4.69) is 47.3 Å². The maximum Gasteiger partial charge on any atom is 0.223 e. The number of amides is 1. The summed E-state index contributed by atoms with van der Waals surface area (Å²) in [6.45, 7) is 7.69. The van der Waals surface area contributed by atoms with Gasteiger partial charge in [-0.3, -0.25) is 9.79 Å². The lowest BCUT2D eigenvalue weighted by Gasteiger charge is -2.35. The van der Waals surface area contributed by atoms with Crippen LogP contribution >= 0.6 is 0 Å². The fraction of sp³-hybridized carbons (Fsp3) is 0.579. The number of nitrogens with zero attached hydrogens (tertiary/aromatic N) is 3. The molecule has 1 fully saturated rings. The third-order valence-corrected chi connectivity index (χ3v) is 4.32. The van der Waals surface area contributed by atoms with Gasteiger partial charge in [-0.25, -0.2) is 0 Å². The van der Waals surface area contributed by atoms with E-state index in [1.165, 1.54) is 11.1 Å². The van der Waals surface area contributed by atoms with Gasteiger partial charge in [-0.2, -0.15) is 0 Å². The molecule has 1 saturated heterocycles. The SMILES string of the molecule is CCNC(=NCCC(=O)N(C)C)N1CCOC(c2ccccc2C)C1. The van der Waals surface area contributed by atoms with Gasteiger partial charge in [-0.1, -0.05) is 24.3 Å². The lowest BCUT2D eigenvalue weighted by atomic mass is 10.0. The third-order valence-electron chi connectivity index (χ3n) is 4.32. The molecule has 25 heavy (non-hydrogen) atoms. The highest BCUT2D eigenvalue weighted by atomic mass is 16.5. The summed E-state index contributed by atoms with van der Waals surface area (Å²) in [6.07, 6.45) is 0.468. The first-order valence-electron chi connectivity index (χ1n) is 8.93. The maximum absolute atomic E-state index is 11.7. The van der Waals surface area contributed by atoms with E-state index in [0.29, 0.717) is 19.6 Å². The molecule has 1 aliphatic rings. The summed E-state index contributed by atoms with van der Waals surface area (Å²) in [6, 6.07) is 8.34. The fourth-order valence-corrected chi connectivity index (χ4v) is 2.88. The van der Waals surface area contributed by atoms with Crippen LogP contribution in [0.5, 0.6) is 0 Å². The van der Waals surface area contributed by atoms with Gasteiger partial charge < -0.3 is 19.9 Å². The van der Waals surface area contributed by atoms with E-state index in [-0.39, 0.29) is 12.0 Å². The molecule has 0 bridgehead atoms. The molecule has 2 rings (SSSR count). The van der Waals surface area contributed by atoms with Crippen molar-refractivity contribution in [1.29, 1.82) is 0 Å². The molecule has 0 radical (unpaired) electrons. The Hall–Kier alpha value is -2.08. The second kappa shape index (κ2) is 9.42. The van der Waals surface area contributed by atoms with Gasteiger partial charge in [0.25, 0.3) is 0 Å². The molecule has 0 spiro atoms. The molecule has 138 valence electrons. The zero-order valence-corrected chi connectivity index (χ0v) is 15.8. The number of carbonyl (C=O) groups is 1. The normalized spacial score (nSPS) is 18.2. The Labute approximate surface area is 150 Å². The van der Waals surface area contributed by atoms with E-state index in [0.717, 1.165) is 25.6 Å². The number of morpholine rings is 1. The quantitative estimate of drug-likeness (QED) is 0.653. The topological polar surface area (TPSA) is 57.2 Å². The molecule has 1 heterocycles. The molecule has 1 N–H and O–H groups in total. The van der Waals surface area contributed by atoms with E-state index in [1.54, 1.807) is 19.0 Å². The summed E-state index contributed by atoms with van der Waals surface area (Å²) < 4.78 is 5.99. The zero-order chi connectivity index (χ0) is 18.2. The van der Waals surface area contributed by atoms with Crippen LogP contribution in [0.3, 0.4) is 0 Å². The van der Waals surface area contributed by atoms with Gasteiger partial charge in [0.15, 0.2) is 5.96 Å². The van der Waals surface area contributed by atoms with Crippen molar-refractivity contribution in [3.8, 4) is 0 Å². The molecule has 0 aliphatic carbocycles. The van der Waals surface area contributed by atoms with Crippen LogP contribution in [0, 0.1) is 6.92 Å². The lowest BCUT2D eigenvalue weighted by Crippen LogP contribution is -2.48. The first kappa shape index (κ1) is 19.2. The van der Waals surface area contributed by atoms with Crippen LogP contribution in [0.15, 0.2) is 29.3 Å². The van der Waals surface area contributed by atoms with Crippen molar-refractivity contribution in [2.24, 2.45) is 4.99 Å². The number of hydrogen-bond donors (Lipinski definition) is 1. The standard InChI is InChI=1S/C19H30N4O2/c1-5-20-19(21-11-10-18(24)22(3)4)23-12-13-25-17(14-23)16-9-7-6-8-15(16)2/h6-9,17H,5,10-14H2,1-4H3,(H,20,21). The van der Waals surface area contributed by atoms with Crippen molar-refractivity contribution in [2.45, 2.75) is 26.4 Å². The molecule has 0 saturated carbocycles. The Morgan fingerprint density at radius 3 is 2.84 bits per heavy atom. The molecule has 1 unspecified atom stereocenters. The second-order valence-electron chi connectivity index (χ2n) is 6.44. The first-order chi connectivity index (χ1) is 12.0. The van der Waals surface area contributed by atoms with Crippen LogP contribution in [0.2, 0.25) is 0 Å². The Morgan fingerprint density at radius 2 is 2.16 bits per heavy atom. The smallest absolute Gasteiger partial charge is 0.223 e. The van der Waals surface area contributed by atoms with Crippen molar-refractivity contribution in [3.05, 3.63) is 35.4 Å². The van der Waals surface area contributed by atoms with Crippen LogP contribution < -0.4 is 5.32 Å². The van der Waals surface area contributed by atoms with Crippen molar-refractivity contribution < 1.29 is 9.53 Å². The number of aryl methyl sites for hydroxylation is 1. The number of carbonyl (C=O) groups excluding carboxylic acids is 1. The average molecular weight is 346 g/mol. The molecule has 1 aromatic carbocycles. The molecular formula is C19H30N4O2. The van der Waals surface area contributed by atoms with Crippen LogP contribution in [0.25, 0.3) is 0 Å². The fourth-order valence-electron chi connectivity index (χ4n) is 2.88. The monoisotopic (exact) mass is 346 g/mol. The Bertz CT molecular complexity index is 601. The predicted molar refractivity (Wildman–Crippen MR) is 101 cm³/mol. The Balaban J connectivity index is 2.04. The van der Waals surface area contributed by atoms with E-state index >= 15 is 0 Å². The van der Waals surface area contributed by atoms with E-state index < -0.39 is 0 Å². The Kier molecular flexibility index (Phi) is 7.25. The van der Waals surface area contributed by atoms with E-state index in [1.807, 2.05) is 6.07 Å². The summed E-state index contributed by atoms with van der Waals surface area (Å²) in [5.74, 6) is 0.954. The molecule has 1 atom stereocenters. The first-order valence-corrected chi connectivity index (χ1v) is 8.93. The number of aliphatic imine (C=N–C) groups is 1. The largest absolute Gasteiger partial charge is 0.370 e. The lowest BCUT2D eigenvalue weighted by molar-refractivity contribution is -0.128. The summed E-state index contributed by atoms with van der Waals surface area (Å²) >= 11 is 0. The van der Waals surface area contributed by atoms with Gasteiger partial charge in [0.1, 0.15) is 6.10 Å². The van der Waals surface area contributed by atoms with Crippen molar-refractivity contribution in [2.75, 3.05) is 46.9 Å². The third kappa shape index (κ3) is 5.46. The average Bonchev–Trinajstić information content (AvgIpc) is 2.61. The van der Waals surface area contributed by atoms with Crippen molar-refractivity contribution in [3.63, 3.8) is 0 Å². The number of benzene rings is 1. The predicted octanol–water partition coefficient (Wildman–Crippen LogP) is 1.81. The molecule has 1 aromatic rings. The summed E-state index contributed by atoms with van der Waals surface area (Å²) in [4.78, 5) is 20.2. The van der Waals surface area contributed by atoms with Gasteiger partial charge in [-0.05, 0) is 25.0 Å². The van der Waals surface area contributed by atoms with Crippen LogP contribution in [-0.4, -0.2) is 68.5 Å². The minimum atomic E-state index is 0.0437. The van der Waals surface area contributed by atoms with Crippen molar-refractivity contribution >= 4 is 11.9 Å². The molecule has 1 amide bonds. The number of nitrogens with one attached hydrogen (secondary N) is 1. The molecule has 6 heteroatoms. The van der Waals surface area contributed by atoms with Crippen LogP contribution in [0.1, 0.15) is 30.6 Å². The molecule has 1 aliphatic heterocycles. The minimum absolute atomic E-state index is 0.0437. The molecular weight excluding hydrogens is 316 g/mol. The van der Waals surface area contributed by atoms with Crippen molar-refractivity contribution in [1.82, 2.24) is 15.1 Å². The van der Waals surface area contributed by atoms with Gasteiger partial charge in [0.2, 0.25) is 5.91 Å². The van der Waals surface area contributed by atoms with Gasteiger partial charge in [-0.15, -0.1) is 0 Å². The second-order valence-corrected chi connectivity index (χ2v) is 6.44. The minimum Gasteiger partial charge on any atom is -0.370 e. The van der Waals surface area contributed by atoms with Crippen LogP contribution in [0.4, 0.5) is 0 Å². The zero-order valence-electron chi connectivity index (χ0n) is 15.8.